The third-order valence-corrected chi connectivity index (χ3v) is 6.99. The Morgan fingerprint density at radius 2 is 2.00 bits per heavy atom. The number of nitrogens with zero attached hydrogens (tertiary/aromatic N) is 1. The van der Waals surface area contributed by atoms with Crippen molar-refractivity contribution in [3.63, 3.8) is 0 Å². The van der Waals surface area contributed by atoms with E-state index in [9.17, 15) is 18.3 Å². The van der Waals surface area contributed by atoms with Crippen LogP contribution in [0.2, 0.25) is 0 Å². The van der Waals surface area contributed by atoms with Crippen LogP contribution in [0.5, 0.6) is 0 Å². The Bertz CT molecular complexity index is 706. The first-order chi connectivity index (χ1) is 11.3. The van der Waals surface area contributed by atoms with E-state index in [-0.39, 0.29) is 10.8 Å². The number of aliphatic hydroxyl groups excluding tert-OH is 1. The van der Waals surface area contributed by atoms with E-state index in [4.69, 9.17) is 0 Å². The quantitative estimate of drug-likeness (QED) is 0.775. The van der Waals surface area contributed by atoms with Crippen molar-refractivity contribution in [1.82, 2.24) is 4.31 Å². The van der Waals surface area contributed by atoms with Crippen molar-refractivity contribution in [2.45, 2.75) is 54.5 Å². The Kier molecular flexibility index (Phi) is 6.30. The number of sulfonamides is 1. The number of carbonyl (C=O) groups is 1. The average Bonchev–Trinajstić information content (AvgIpc) is 2.54. The number of rotatable bonds is 5. The molecule has 0 radical (unpaired) electrons. The molecule has 0 heterocycles. The van der Waals surface area contributed by atoms with Crippen molar-refractivity contribution in [2.24, 2.45) is 0 Å². The van der Waals surface area contributed by atoms with Gasteiger partial charge in [0, 0.05) is 18.9 Å². The molecule has 0 aliphatic heterocycles. The van der Waals surface area contributed by atoms with Crippen molar-refractivity contribution >= 4 is 33.4 Å². The number of nitrogens with one attached hydrogen (secondary N) is 1. The standard InChI is InChI=1S/C16H24N2O4S2/c1-11(19)17-13-10-12(8-9-16(13)23-3)24(21,22)18(2)14-6-4-5-7-15(14)20/h8-10,14-15,20H,4-7H2,1-3H3,(H,17,19)/t14-,15-/m1/s1. The van der Waals surface area contributed by atoms with E-state index in [1.165, 1.54) is 42.2 Å². The molecular weight excluding hydrogens is 348 g/mol. The second-order valence-electron chi connectivity index (χ2n) is 5.98. The molecular formula is C16H24N2O4S2. The highest BCUT2D eigenvalue weighted by Gasteiger charge is 2.34. The highest BCUT2D eigenvalue weighted by Crippen LogP contribution is 2.31. The molecule has 134 valence electrons. The Labute approximate surface area is 147 Å². The molecule has 0 saturated heterocycles. The van der Waals surface area contributed by atoms with E-state index in [1.807, 2.05) is 6.26 Å². The predicted molar refractivity (Wildman–Crippen MR) is 95.7 cm³/mol. The molecule has 2 atom stereocenters. The molecule has 0 aromatic heterocycles. The summed E-state index contributed by atoms with van der Waals surface area (Å²) in [6, 6.07) is 4.30. The van der Waals surface area contributed by atoms with Crippen LogP contribution in [0.25, 0.3) is 0 Å². The van der Waals surface area contributed by atoms with E-state index in [1.54, 1.807) is 6.07 Å². The topological polar surface area (TPSA) is 86.7 Å². The Hall–Kier alpha value is -1.09. The lowest BCUT2D eigenvalue weighted by molar-refractivity contribution is -0.114. The minimum atomic E-state index is -3.74. The van der Waals surface area contributed by atoms with Crippen molar-refractivity contribution in [2.75, 3.05) is 18.6 Å². The van der Waals surface area contributed by atoms with E-state index >= 15 is 0 Å². The van der Waals surface area contributed by atoms with Crippen LogP contribution in [-0.4, -0.2) is 49.2 Å². The molecule has 1 fully saturated rings. The average molecular weight is 373 g/mol. The Morgan fingerprint density at radius 1 is 1.33 bits per heavy atom. The summed E-state index contributed by atoms with van der Waals surface area (Å²) in [4.78, 5) is 12.3. The lowest BCUT2D eigenvalue weighted by Crippen LogP contribution is -2.46. The Morgan fingerprint density at radius 3 is 2.58 bits per heavy atom. The lowest BCUT2D eigenvalue weighted by Gasteiger charge is -2.34. The number of benzene rings is 1. The van der Waals surface area contributed by atoms with Crippen LogP contribution < -0.4 is 5.32 Å². The van der Waals surface area contributed by atoms with E-state index in [2.05, 4.69) is 5.32 Å². The van der Waals surface area contributed by atoms with Gasteiger partial charge >= 0.3 is 0 Å². The molecule has 1 aromatic rings. The van der Waals surface area contributed by atoms with Gasteiger partial charge in [0.25, 0.3) is 0 Å². The first-order valence-corrected chi connectivity index (χ1v) is 10.6. The number of hydrogen-bond acceptors (Lipinski definition) is 5. The smallest absolute Gasteiger partial charge is 0.243 e. The summed E-state index contributed by atoms with van der Waals surface area (Å²) in [6.45, 7) is 1.38. The minimum Gasteiger partial charge on any atom is -0.391 e. The number of aliphatic hydroxyl groups is 1. The number of carbonyl (C=O) groups excluding carboxylic acids is 1. The lowest BCUT2D eigenvalue weighted by atomic mass is 9.93. The molecule has 0 spiro atoms. The molecule has 1 amide bonds. The molecule has 1 saturated carbocycles. The first-order valence-electron chi connectivity index (χ1n) is 7.89. The molecule has 0 bridgehead atoms. The fourth-order valence-electron chi connectivity index (χ4n) is 3.00. The second-order valence-corrected chi connectivity index (χ2v) is 8.83. The maximum absolute atomic E-state index is 12.9. The first kappa shape index (κ1) is 19.2. The third-order valence-electron chi connectivity index (χ3n) is 4.32. The maximum atomic E-state index is 12.9. The van der Waals surface area contributed by atoms with Gasteiger partial charge in [-0.3, -0.25) is 4.79 Å². The van der Waals surface area contributed by atoms with Gasteiger partial charge in [-0.1, -0.05) is 12.8 Å². The maximum Gasteiger partial charge on any atom is 0.243 e. The number of hydrogen-bond donors (Lipinski definition) is 2. The molecule has 2 rings (SSSR count). The largest absolute Gasteiger partial charge is 0.391 e. The zero-order valence-corrected chi connectivity index (χ0v) is 15.8. The molecule has 1 aliphatic rings. The second kappa shape index (κ2) is 7.86. The van der Waals surface area contributed by atoms with Gasteiger partial charge in [0.1, 0.15) is 0 Å². The summed E-state index contributed by atoms with van der Waals surface area (Å²) >= 11 is 1.43. The summed E-state index contributed by atoms with van der Waals surface area (Å²) in [5.41, 5.74) is 0.480. The van der Waals surface area contributed by atoms with Crippen LogP contribution in [0.3, 0.4) is 0 Å². The molecule has 6 nitrogen and oxygen atoms in total. The summed E-state index contributed by atoms with van der Waals surface area (Å²) in [6.07, 6.45) is 4.31. The highest BCUT2D eigenvalue weighted by molar-refractivity contribution is 7.98. The fourth-order valence-corrected chi connectivity index (χ4v) is 4.97. The number of likely N-dealkylation sites (N-methyl/N-ethyl adjacent to an activating group) is 1. The number of amides is 1. The molecule has 0 unspecified atom stereocenters. The van der Waals surface area contributed by atoms with Gasteiger partial charge in [-0.15, -0.1) is 11.8 Å². The van der Waals surface area contributed by atoms with Gasteiger partial charge in [-0.2, -0.15) is 4.31 Å². The SMILES string of the molecule is CSc1ccc(S(=O)(=O)N(C)[C@@H]2CCCC[C@H]2O)cc1NC(C)=O. The molecule has 1 aromatic carbocycles. The molecule has 24 heavy (non-hydrogen) atoms. The third kappa shape index (κ3) is 4.11. The van der Waals surface area contributed by atoms with Crippen LogP contribution >= 0.6 is 11.8 Å². The van der Waals surface area contributed by atoms with Crippen LogP contribution in [0, 0.1) is 0 Å². The van der Waals surface area contributed by atoms with Crippen molar-refractivity contribution in [3.05, 3.63) is 18.2 Å². The van der Waals surface area contributed by atoms with E-state index in [0.717, 1.165) is 17.7 Å². The van der Waals surface area contributed by atoms with Crippen molar-refractivity contribution < 1.29 is 18.3 Å². The van der Waals surface area contributed by atoms with Crippen LogP contribution in [0.4, 0.5) is 5.69 Å². The zero-order valence-electron chi connectivity index (χ0n) is 14.2. The highest BCUT2D eigenvalue weighted by atomic mass is 32.2. The van der Waals surface area contributed by atoms with Gasteiger partial charge in [-0.25, -0.2) is 8.42 Å². The number of anilines is 1. The van der Waals surface area contributed by atoms with Gasteiger partial charge in [0.15, 0.2) is 0 Å². The van der Waals surface area contributed by atoms with E-state index in [0.29, 0.717) is 18.5 Å². The van der Waals surface area contributed by atoms with Gasteiger partial charge in [0.2, 0.25) is 15.9 Å². The summed E-state index contributed by atoms with van der Waals surface area (Å²) in [5.74, 6) is -0.254. The predicted octanol–water partition coefficient (Wildman–Crippen LogP) is 2.29. The fraction of sp³-hybridized carbons (Fsp3) is 0.562. The molecule has 8 heteroatoms. The van der Waals surface area contributed by atoms with Crippen LogP contribution in [-0.2, 0) is 14.8 Å². The van der Waals surface area contributed by atoms with E-state index < -0.39 is 22.2 Å². The van der Waals surface area contributed by atoms with Crippen LogP contribution in [0.15, 0.2) is 28.0 Å². The monoisotopic (exact) mass is 372 g/mol. The van der Waals surface area contributed by atoms with Gasteiger partial charge in [-0.05, 0) is 37.3 Å². The number of thioether (sulfide) groups is 1. The summed E-state index contributed by atoms with van der Waals surface area (Å²) < 4.78 is 27.1. The van der Waals surface area contributed by atoms with Crippen molar-refractivity contribution in [1.29, 1.82) is 0 Å². The Balaban J connectivity index is 2.36. The van der Waals surface area contributed by atoms with Crippen LogP contribution in [0.1, 0.15) is 32.6 Å². The summed E-state index contributed by atoms with van der Waals surface area (Å²) in [5, 5.41) is 12.8. The summed E-state index contributed by atoms with van der Waals surface area (Å²) in [7, 11) is -2.23. The molecule has 2 N–H and O–H groups in total. The van der Waals surface area contributed by atoms with Gasteiger partial charge < -0.3 is 10.4 Å². The van der Waals surface area contributed by atoms with Crippen molar-refractivity contribution in [3.8, 4) is 0 Å². The molecule has 1 aliphatic carbocycles. The van der Waals surface area contributed by atoms with Gasteiger partial charge in [0.05, 0.1) is 22.7 Å². The zero-order chi connectivity index (χ0) is 17.9. The minimum absolute atomic E-state index is 0.115. The normalized spacial score (nSPS) is 21.7.